The molecule has 1 unspecified atom stereocenters. The summed E-state index contributed by atoms with van der Waals surface area (Å²) in [6, 6.07) is 5.50. The van der Waals surface area contributed by atoms with Crippen molar-refractivity contribution in [2.45, 2.75) is 25.4 Å². The number of fused-ring (bicyclic) bond motifs is 1. The predicted octanol–water partition coefficient (Wildman–Crippen LogP) is 1.49. The van der Waals surface area contributed by atoms with E-state index in [9.17, 15) is 4.79 Å². The Morgan fingerprint density at radius 1 is 1.65 bits per heavy atom. The third-order valence-electron chi connectivity index (χ3n) is 2.68. The van der Waals surface area contributed by atoms with Crippen LogP contribution in [-0.4, -0.2) is 12.1 Å². The molecule has 1 aromatic carbocycles. The van der Waals surface area contributed by atoms with Crippen LogP contribution in [0.1, 0.15) is 18.4 Å². The summed E-state index contributed by atoms with van der Waals surface area (Å²) in [7, 11) is 0. The normalized spacial score (nSPS) is 17.5. The number of benzene rings is 1. The van der Waals surface area contributed by atoms with Crippen LogP contribution in [0.3, 0.4) is 0 Å². The quantitative estimate of drug-likeness (QED) is 0.476. The summed E-state index contributed by atoms with van der Waals surface area (Å²) < 4.78 is 10.1. The molecule has 1 heterocycles. The van der Waals surface area contributed by atoms with Crippen LogP contribution in [0.2, 0.25) is 0 Å². The first-order valence-corrected chi connectivity index (χ1v) is 5.39. The molecule has 0 spiro atoms. The molecule has 17 heavy (non-hydrogen) atoms. The Hall–Kier alpha value is -2.15. The molecule has 1 aliphatic heterocycles. The highest BCUT2D eigenvalue weighted by molar-refractivity contribution is 5.71. The number of carbonyl (C=O) groups is 1. The number of nitrogens with two attached hydrogens (primary N) is 1. The molecule has 0 aliphatic carbocycles. The Kier molecular flexibility index (Phi) is 3.20. The van der Waals surface area contributed by atoms with Gasteiger partial charge >= 0.3 is 5.97 Å². The lowest BCUT2D eigenvalue weighted by Gasteiger charge is -2.25. The minimum Gasteiger partial charge on any atom is -0.490 e. The Morgan fingerprint density at radius 2 is 2.47 bits per heavy atom. The summed E-state index contributed by atoms with van der Waals surface area (Å²) in [6.07, 6.45) is 8.34. The molecule has 0 amide bonds. The first kappa shape index (κ1) is 11.3. The predicted molar refractivity (Wildman–Crippen MR) is 63.1 cm³/mol. The van der Waals surface area contributed by atoms with Crippen molar-refractivity contribution >= 4 is 11.7 Å². The van der Waals surface area contributed by atoms with Gasteiger partial charge in [0, 0.05) is 5.69 Å². The number of carbonyl (C=O) groups excluding carboxylic acids is 1. The second kappa shape index (κ2) is 4.79. The van der Waals surface area contributed by atoms with E-state index in [0.717, 1.165) is 29.8 Å². The molecular weight excluding hydrogens is 218 g/mol. The van der Waals surface area contributed by atoms with Crippen molar-refractivity contribution in [2.24, 2.45) is 0 Å². The lowest BCUT2D eigenvalue weighted by atomic mass is 10.00. The van der Waals surface area contributed by atoms with Gasteiger partial charge in [0.1, 0.15) is 18.0 Å². The van der Waals surface area contributed by atoms with Crippen molar-refractivity contribution in [3.05, 3.63) is 23.8 Å². The summed E-state index contributed by atoms with van der Waals surface area (Å²) in [5, 5.41) is 0. The van der Waals surface area contributed by atoms with E-state index in [4.69, 9.17) is 16.9 Å². The highest BCUT2D eigenvalue weighted by atomic mass is 16.5. The van der Waals surface area contributed by atoms with Crippen LogP contribution in [0, 0.1) is 12.5 Å². The van der Waals surface area contributed by atoms with Crippen molar-refractivity contribution in [2.75, 3.05) is 5.73 Å². The van der Waals surface area contributed by atoms with Crippen LogP contribution in [0.15, 0.2) is 18.2 Å². The number of hydrogen-bond donors (Lipinski definition) is 1. The zero-order chi connectivity index (χ0) is 12.3. The maximum absolute atomic E-state index is 11.2. The van der Waals surface area contributed by atoms with Crippen molar-refractivity contribution < 1.29 is 14.3 Å². The monoisotopic (exact) mass is 231 g/mol. The molecule has 2 rings (SSSR count). The number of aryl methyl sites for hydroxylation is 1. The van der Waals surface area contributed by atoms with Crippen molar-refractivity contribution in [1.82, 2.24) is 0 Å². The smallest absolute Gasteiger partial charge is 0.323 e. The molecular formula is C13H13NO3. The van der Waals surface area contributed by atoms with E-state index in [1.165, 1.54) is 0 Å². The van der Waals surface area contributed by atoms with Gasteiger partial charge in [0.15, 0.2) is 0 Å². The summed E-state index contributed by atoms with van der Waals surface area (Å²) in [5.74, 6) is 0.348. The first-order chi connectivity index (χ1) is 8.19. The van der Waals surface area contributed by atoms with Gasteiger partial charge < -0.3 is 15.2 Å². The molecule has 4 heteroatoms. The van der Waals surface area contributed by atoms with Crippen LogP contribution in [-0.2, 0) is 16.0 Å². The number of terminal acetylenes is 1. The first-order valence-electron chi connectivity index (χ1n) is 5.39. The van der Waals surface area contributed by atoms with Crippen molar-refractivity contribution in [3.8, 4) is 18.3 Å². The average Bonchev–Trinajstić information content (AvgIpc) is 2.29. The van der Waals surface area contributed by atoms with Crippen LogP contribution < -0.4 is 10.5 Å². The number of nitrogen functional groups attached to an aromatic ring is 1. The standard InChI is InChI=1S/C13H13NO3/c1-2-16-13(15)8-11-5-3-9-7-10(14)4-6-12(9)17-11/h1,4,6-7,11H,3,5,8,14H2. The van der Waals surface area contributed by atoms with Gasteiger partial charge in [0.25, 0.3) is 0 Å². The molecule has 0 aromatic heterocycles. The SMILES string of the molecule is C#COC(=O)CC1CCc2cc(N)ccc2O1. The Labute approximate surface area is 99.7 Å². The van der Waals surface area contributed by atoms with Crippen molar-refractivity contribution in [3.63, 3.8) is 0 Å². The van der Waals surface area contributed by atoms with Gasteiger partial charge in [-0.2, -0.15) is 0 Å². The fourth-order valence-electron chi connectivity index (χ4n) is 1.90. The van der Waals surface area contributed by atoms with E-state index in [2.05, 4.69) is 4.74 Å². The van der Waals surface area contributed by atoms with E-state index < -0.39 is 5.97 Å². The summed E-state index contributed by atoms with van der Waals surface area (Å²) in [4.78, 5) is 11.2. The summed E-state index contributed by atoms with van der Waals surface area (Å²) in [6.45, 7) is 0. The second-order valence-electron chi connectivity index (χ2n) is 3.94. The molecule has 4 nitrogen and oxygen atoms in total. The molecule has 0 saturated carbocycles. The molecule has 0 bridgehead atoms. The Morgan fingerprint density at radius 3 is 3.24 bits per heavy atom. The molecule has 1 aromatic rings. The zero-order valence-corrected chi connectivity index (χ0v) is 9.31. The number of esters is 1. The van der Waals surface area contributed by atoms with Gasteiger partial charge in [0.05, 0.1) is 6.42 Å². The fourth-order valence-corrected chi connectivity index (χ4v) is 1.90. The lowest BCUT2D eigenvalue weighted by Crippen LogP contribution is -2.26. The zero-order valence-electron chi connectivity index (χ0n) is 9.31. The van der Waals surface area contributed by atoms with Crippen LogP contribution in [0.4, 0.5) is 5.69 Å². The number of ether oxygens (including phenoxy) is 2. The average molecular weight is 231 g/mol. The van der Waals surface area contributed by atoms with Gasteiger partial charge in [-0.05, 0) is 36.6 Å². The molecule has 0 radical (unpaired) electrons. The minimum atomic E-state index is -0.434. The van der Waals surface area contributed by atoms with E-state index >= 15 is 0 Å². The van der Waals surface area contributed by atoms with Gasteiger partial charge in [0.2, 0.25) is 0 Å². The molecule has 0 saturated heterocycles. The van der Waals surface area contributed by atoms with Crippen LogP contribution in [0.25, 0.3) is 0 Å². The van der Waals surface area contributed by atoms with Gasteiger partial charge in [-0.3, -0.25) is 4.79 Å². The highest BCUT2D eigenvalue weighted by Gasteiger charge is 2.22. The summed E-state index contributed by atoms with van der Waals surface area (Å²) in [5.41, 5.74) is 7.48. The van der Waals surface area contributed by atoms with Crippen LogP contribution in [0.5, 0.6) is 5.75 Å². The van der Waals surface area contributed by atoms with E-state index in [1.54, 1.807) is 6.07 Å². The van der Waals surface area contributed by atoms with Crippen LogP contribution >= 0.6 is 0 Å². The molecule has 88 valence electrons. The molecule has 1 aliphatic rings. The van der Waals surface area contributed by atoms with E-state index in [0.29, 0.717) is 0 Å². The number of anilines is 1. The van der Waals surface area contributed by atoms with Crippen molar-refractivity contribution in [1.29, 1.82) is 0 Å². The third-order valence-corrected chi connectivity index (χ3v) is 2.68. The highest BCUT2D eigenvalue weighted by Crippen LogP contribution is 2.30. The Bertz CT molecular complexity index is 476. The van der Waals surface area contributed by atoms with Gasteiger partial charge in [-0.25, -0.2) is 0 Å². The fraction of sp³-hybridized carbons (Fsp3) is 0.308. The van der Waals surface area contributed by atoms with E-state index in [1.807, 2.05) is 18.2 Å². The molecule has 0 fully saturated rings. The minimum absolute atomic E-state index is 0.174. The lowest BCUT2D eigenvalue weighted by molar-refractivity contribution is -0.138. The van der Waals surface area contributed by atoms with E-state index in [-0.39, 0.29) is 12.5 Å². The topological polar surface area (TPSA) is 61.5 Å². The summed E-state index contributed by atoms with van der Waals surface area (Å²) >= 11 is 0. The second-order valence-corrected chi connectivity index (χ2v) is 3.94. The Balaban J connectivity index is 2.02. The van der Waals surface area contributed by atoms with Gasteiger partial charge in [-0.15, -0.1) is 0 Å². The molecule has 1 atom stereocenters. The number of hydrogen-bond acceptors (Lipinski definition) is 4. The number of rotatable bonds is 2. The maximum atomic E-state index is 11.2. The maximum Gasteiger partial charge on any atom is 0.323 e. The third kappa shape index (κ3) is 2.70. The largest absolute Gasteiger partial charge is 0.490 e. The molecule has 2 N–H and O–H groups in total. The van der Waals surface area contributed by atoms with Gasteiger partial charge in [-0.1, -0.05) is 6.42 Å².